The van der Waals surface area contributed by atoms with Gasteiger partial charge in [0, 0.05) is 12.6 Å². The molecule has 0 aliphatic carbocycles. The van der Waals surface area contributed by atoms with Gasteiger partial charge in [-0.25, -0.2) is 9.78 Å². The number of rotatable bonds is 5. The molecule has 2 aromatic heterocycles. The van der Waals surface area contributed by atoms with Crippen molar-refractivity contribution in [3.8, 4) is 5.88 Å². The first-order valence-corrected chi connectivity index (χ1v) is 8.41. The molecule has 0 radical (unpaired) electrons. The first-order valence-electron chi connectivity index (χ1n) is 8.41. The summed E-state index contributed by atoms with van der Waals surface area (Å²) in [5.41, 5.74) is 0.628. The van der Waals surface area contributed by atoms with E-state index in [1.54, 1.807) is 29.5 Å². The van der Waals surface area contributed by atoms with Crippen molar-refractivity contribution in [2.45, 2.75) is 20.0 Å². The van der Waals surface area contributed by atoms with Crippen molar-refractivity contribution in [3.05, 3.63) is 42.5 Å². The molecule has 2 aromatic rings. The fourth-order valence-electron chi connectivity index (χ4n) is 2.47. The Morgan fingerprint density at radius 2 is 2.32 bits per heavy atom. The van der Waals surface area contributed by atoms with Crippen LogP contribution < -0.4 is 10.1 Å². The van der Waals surface area contributed by atoms with Gasteiger partial charge in [-0.3, -0.25) is 0 Å². The minimum atomic E-state index is -0.237. The van der Waals surface area contributed by atoms with E-state index in [9.17, 15) is 4.79 Å². The van der Waals surface area contributed by atoms with Crippen LogP contribution in [-0.4, -0.2) is 42.2 Å². The van der Waals surface area contributed by atoms with E-state index in [1.165, 1.54) is 0 Å². The molecule has 1 aliphatic heterocycles. The van der Waals surface area contributed by atoms with Crippen molar-refractivity contribution in [2.75, 3.05) is 31.6 Å². The molecule has 1 atom stereocenters. The maximum atomic E-state index is 12.5. The number of morpholine rings is 1. The van der Waals surface area contributed by atoms with Crippen molar-refractivity contribution >= 4 is 11.7 Å². The first-order chi connectivity index (χ1) is 12.1. The molecule has 7 heteroatoms. The van der Waals surface area contributed by atoms with E-state index in [1.807, 2.05) is 12.1 Å². The molecule has 1 N–H and O–H groups in total. The minimum Gasteiger partial charge on any atom is -0.477 e. The van der Waals surface area contributed by atoms with Gasteiger partial charge in [-0.05, 0) is 24.1 Å². The standard InChI is InChI=1S/C18H23N3O4/c1-13(2)12-25-17-6-5-14(10-19-17)20-18(22)21-7-9-24-16(11-21)15-4-3-8-23-15/h3-6,8,10,13,16H,7,9,11-12H2,1-2H3,(H,20,22)/t16-/m1/s1. The lowest BCUT2D eigenvalue weighted by Crippen LogP contribution is -2.44. The van der Waals surface area contributed by atoms with E-state index >= 15 is 0 Å². The van der Waals surface area contributed by atoms with Gasteiger partial charge in [0.2, 0.25) is 5.88 Å². The van der Waals surface area contributed by atoms with Crippen LogP contribution in [0.3, 0.4) is 0 Å². The van der Waals surface area contributed by atoms with Gasteiger partial charge in [0.15, 0.2) is 0 Å². The molecule has 25 heavy (non-hydrogen) atoms. The van der Waals surface area contributed by atoms with E-state index in [0.717, 1.165) is 5.76 Å². The van der Waals surface area contributed by atoms with Crippen LogP contribution in [0.4, 0.5) is 10.5 Å². The highest BCUT2D eigenvalue weighted by Crippen LogP contribution is 2.23. The fraction of sp³-hybridized carbons (Fsp3) is 0.444. The summed E-state index contributed by atoms with van der Waals surface area (Å²) < 4.78 is 16.6. The van der Waals surface area contributed by atoms with Gasteiger partial charge in [0.05, 0.1) is 37.9 Å². The number of carbonyl (C=O) groups excluding carboxylic acids is 1. The van der Waals surface area contributed by atoms with Gasteiger partial charge in [0.1, 0.15) is 11.9 Å². The Morgan fingerprint density at radius 3 is 3.00 bits per heavy atom. The molecule has 2 amide bonds. The second kappa shape index (κ2) is 8.02. The van der Waals surface area contributed by atoms with Gasteiger partial charge < -0.3 is 24.1 Å². The molecule has 1 fully saturated rings. The van der Waals surface area contributed by atoms with E-state index < -0.39 is 0 Å². The third kappa shape index (κ3) is 4.73. The van der Waals surface area contributed by atoms with Gasteiger partial charge in [-0.1, -0.05) is 13.8 Å². The maximum Gasteiger partial charge on any atom is 0.322 e. The average Bonchev–Trinajstić information content (AvgIpc) is 3.16. The van der Waals surface area contributed by atoms with Crippen molar-refractivity contribution in [3.63, 3.8) is 0 Å². The quantitative estimate of drug-likeness (QED) is 0.899. The Morgan fingerprint density at radius 1 is 1.44 bits per heavy atom. The lowest BCUT2D eigenvalue weighted by atomic mass is 10.2. The van der Waals surface area contributed by atoms with Crippen molar-refractivity contribution in [1.82, 2.24) is 9.88 Å². The van der Waals surface area contributed by atoms with Crippen LogP contribution >= 0.6 is 0 Å². The van der Waals surface area contributed by atoms with Crippen LogP contribution in [0.15, 0.2) is 41.1 Å². The van der Waals surface area contributed by atoms with Crippen LogP contribution in [0, 0.1) is 5.92 Å². The summed E-state index contributed by atoms with van der Waals surface area (Å²) in [7, 11) is 0. The number of anilines is 1. The second-order valence-electron chi connectivity index (χ2n) is 6.34. The monoisotopic (exact) mass is 345 g/mol. The highest BCUT2D eigenvalue weighted by Gasteiger charge is 2.27. The number of ether oxygens (including phenoxy) is 2. The predicted octanol–water partition coefficient (Wildman–Crippen LogP) is 3.31. The number of nitrogens with zero attached hydrogens (tertiary/aromatic N) is 2. The molecule has 1 saturated heterocycles. The number of carbonyl (C=O) groups is 1. The number of nitrogens with one attached hydrogen (secondary N) is 1. The Labute approximate surface area is 146 Å². The third-order valence-electron chi connectivity index (χ3n) is 3.77. The summed E-state index contributed by atoms with van der Waals surface area (Å²) in [6.07, 6.45) is 2.96. The Balaban J connectivity index is 1.54. The molecule has 0 aromatic carbocycles. The molecule has 7 nitrogen and oxygen atoms in total. The highest BCUT2D eigenvalue weighted by atomic mass is 16.5. The highest BCUT2D eigenvalue weighted by molar-refractivity contribution is 5.89. The van der Waals surface area contributed by atoms with Crippen LogP contribution in [-0.2, 0) is 4.74 Å². The summed E-state index contributed by atoms with van der Waals surface area (Å²) in [4.78, 5) is 18.4. The van der Waals surface area contributed by atoms with Gasteiger partial charge in [-0.2, -0.15) is 0 Å². The zero-order valence-corrected chi connectivity index (χ0v) is 14.5. The van der Waals surface area contributed by atoms with Gasteiger partial charge in [-0.15, -0.1) is 0 Å². The first kappa shape index (κ1) is 17.3. The Bertz CT molecular complexity index is 670. The number of pyridine rings is 1. The summed E-state index contributed by atoms with van der Waals surface area (Å²) in [5.74, 6) is 1.71. The van der Waals surface area contributed by atoms with E-state index in [-0.39, 0.29) is 12.1 Å². The number of urea groups is 1. The SMILES string of the molecule is CC(C)COc1ccc(NC(=O)N2CCO[C@@H](c3ccco3)C2)cn1. The molecule has 0 bridgehead atoms. The van der Waals surface area contributed by atoms with Crippen LogP contribution in [0.2, 0.25) is 0 Å². The van der Waals surface area contributed by atoms with Crippen molar-refractivity contribution in [1.29, 1.82) is 0 Å². The molecule has 3 heterocycles. The van der Waals surface area contributed by atoms with Crippen molar-refractivity contribution in [2.24, 2.45) is 5.92 Å². The topological polar surface area (TPSA) is 76.8 Å². The minimum absolute atomic E-state index is 0.183. The zero-order chi connectivity index (χ0) is 17.6. The van der Waals surface area contributed by atoms with Crippen LogP contribution in [0.5, 0.6) is 5.88 Å². The number of aromatic nitrogens is 1. The Hall–Kier alpha value is -2.54. The molecule has 0 saturated carbocycles. The number of furan rings is 1. The van der Waals surface area contributed by atoms with Crippen molar-refractivity contribution < 1.29 is 18.7 Å². The Kier molecular flexibility index (Phi) is 5.55. The molecule has 134 valence electrons. The molecule has 0 spiro atoms. The molecule has 0 unspecified atom stereocenters. The van der Waals surface area contributed by atoms with E-state index in [0.29, 0.717) is 43.8 Å². The molecule has 3 rings (SSSR count). The second-order valence-corrected chi connectivity index (χ2v) is 6.34. The summed E-state index contributed by atoms with van der Waals surface area (Å²) >= 11 is 0. The predicted molar refractivity (Wildman–Crippen MR) is 92.6 cm³/mol. The summed E-state index contributed by atoms with van der Waals surface area (Å²) in [6, 6.07) is 7.02. The zero-order valence-electron chi connectivity index (χ0n) is 14.5. The van der Waals surface area contributed by atoms with E-state index in [2.05, 4.69) is 24.1 Å². The summed E-state index contributed by atoms with van der Waals surface area (Å²) in [6.45, 7) is 6.22. The lowest BCUT2D eigenvalue weighted by molar-refractivity contribution is -0.0242. The van der Waals surface area contributed by atoms with Gasteiger partial charge >= 0.3 is 6.03 Å². The number of amides is 2. The number of hydrogen-bond acceptors (Lipinski definition) is 5. The van der Waals surface area contributed by atoms with Gasteiger partial charge in [0.25, 0.3) is 0 Å². The lowest BCUT2D eigenvalue weighted by Gasteiger charge is -2.31. The average molecular weight is 345 g/mol. The van der Waals surface area contributed by atoms with Crippen LogP contribution in [0.25, 0.3) is 0 Å². The summed E-state index contributed by atoms with van der Waals surface area (Å²) in [5, 5.41) is 2.85. The fourth-order valence-corrected chi connectivity index (χ4v) is 2.47. The number of hydrogen-bond donors (Lipinski definition) is 1. The third-order valence-corrected chi connectivity index (χ3v) is 3.77. The smallest absolute Gasteiger partial charge is 0.322 e. The van der Waals surface area contributed by atoms with E-state index in [4.69, 9.17) is 13.9 Å². The largest absolute Gasteiger partial charge is 0.477 e. The maximum absolute atomic E-state index is 12.5. The van der Waals surface area contributed by atoms with Crippen LogP contribution in [0.1, 0.15) is 25.7 Å². The molecule has 1 aliphatic rings. The molecular formula is C18H23N3O4. The molecular weight excluding hydrogens is 322 g/mol. The normalized spacial score (nSPS) is 17.6.